The van der Waals surface area contributed by atoms with Crippen LogP contribution in [0, 0.1) is 12.8 Å². The van der Waals surface area contributed by atoms with Crippen molar-refractivity contribution in [3.05, 3.63) is 23.8 Å². The standard InChI is InChI=1S/C15H20N2O3/c1-10-9-13(19)3-4-14(10)16-15(20)12-5-7-17(8-6-12)11(2)18/h3-4,9,12,19H,5-8H2,1-2H3,(H,16,20). The lowest BCUT2D eigenvalue weighted by atomic mass is 9.95. The fourth-order valence-electron chi connectivity index (χ4n) is 2.48. The number of carbonyl (C=O) groups excluding carboxylic acids is 2. The molecule has 20 heavy (non-hydrogen) atoms. The molecule has 2 N–H and O–H groups in total. The number of hydrogen-bond acceptors (Lipinski definition) is 3. The summed E-state index contributed by atoms with van der Waals surface area (Å²) in [6, 6.07) is 4.88. The van der Waals surface area contributed by atoms with Crippen LogP contribution < -0.4 is 5.32 Å². The molecule has 0 aliphatic carbocycles. The van der Waals surface area contributed by atoms with Crippen molar-refractivity contribution in [3.8, 4) is 5.75 Å². The number of piperidine rings is 1. The minimum Gasteiger partial charge on any atom is -0.508 e. The summed E-state index contributed by atoms with van der Waals surface area (Å²) < 4.78 is 0. The largest absolute Gasteiger partial charge is 0.508 e. The van der Waals surface area contributed by atoms with Gasteiger partial charge in [-0.3, -0.25) is 9.59 Å². The van der Waals surface area contributed by atoms with Crippen molar-refractivity contribution >= 4 is 17.5 Å². The van der Waals surface area contributed by atoms with Crippen LogP contribution in [-0.2, 0) is 9.59 Å². The molecule has 108 valence electrons. The Balaban J connectivity index is 1.94. The third-order valence-electron chi connectivity index (χ3n) is 3.78. The second-order valence-electron chi connectivity index (χ2n) is 5.27. The summed E-state index contributed by atoms with van der Waals surface area (Å²) >= 11 is 0. The molecule has 0 bridgehead atoms. The lowest BCUT2D eigenvalue weighted by molar-refractivity contribution is -0.132. The predicted octanol–water partition coefficient (Wildman–Crippen LogP) is 1.90. The number of nitrogens with zero attached hydrogens (tertiary/aromatic N) is 1. The molecule has 0 radical (unpaired) electrons. The third-order valence-corrected chi connectivity index (χ3v) is 3.78. The molecule has 2 amide bonds. The minimum atomic E-state index is -0.0567. The van der Waals surface area contributed by atoms with Gasteiger partial charge in [-0.25, -0.2) is 0 Å². The number of anilines is 1. The Morgan fingerprint density at radius 3 is 2.50 bits per heavy atom. The highest BCUT2D eigenvalue weighted by Gasteiger charge is 2.26. The van der Waals surface area contributed by atoms with Gasteiger partial charge in [0.25, 0.3) is 0 Å². The van der Waals surface area contributed by atoms with Crippen LogP contribution in [0.3, 0.4) is 0 Å². The highest BCUT2D eigenvalue weighted by atomic mass is 16.3. The quantitative estimate of drug-likeness (QED) is 0.810. The Bertz CT molecular complexity index is 520. The minimum absolute atomic E-state index is 0.0120. The number of carbonyl (C=O) groups is 2. The molecule has 1 aliphatic heterocycles. The number of benzene rings is 1. The van der Waals surface area contributed by atoms with Crippen LogP contribution in [-0.4, -0.2) is 34.9 Å². The van der Waals surface area contributed by atoms with Gasteiger partial charge in [0.1, 0.15) is 5.75 Å². The summed E-state index contributed by atoms with van der Waals surface area (Å²) in [5.41, 5.74) is 1.56. The van der Waals surface area contributed by atoms with E-state index in [1.54, 1.807) is 30.0 Å². The molecule has 5 heteroatoms. The van der Waals surface area contributed by atoms with Gasteiger partial charge in [-0.15, -0.1) is 0 Å². The summed E-state index contributed by atoms with van der Waals surface area (Å²) in [7, 11) is 0. The van der Waals surface area contributed by atoms with Crippen LogP contribution >= 0.6 is 0 Å². The first-order chi connectivity index (χ1) is 9.47. The molecule has 1 aromatic rings. The zero-order valence-electron chi connectivity index (χ0n) is 11.8. The molecule has 2 rings (SSSR count). The number of nitrogens with one attached hydrogen (secondary N) is 1. The van der Waals surface area contributed by atoms with Crippen molar-refractivity contribution in [1.82, 2.24) is 4.90 Å². The Kier molecular flexibility index (Phi) is 4.27. The van der Waals surface area contributed by atoms with Crippen molar-refractivity contribution < 1.29 is 14.7 Å². The average molecular weight is 276 g/mol. The van der Waals surface area contributed by atoms with E-state index in [0.29, 0.717) is 25.9 Å². The van der Waals surface area contributed by atoms with Gasteiger partial charge in [0.05, 0.1) is 0 Å². The molecule has 1 fully saturated rings. The number of aromatic hydroxyl groups is 1. The van der Waals surface area contributed by atoms with Gasteiger partial charge < -0.3 is 15.3 Å². The van der Waals surface area contributed by atoms with Crippen molar-refractivity contribution in [2.75, 3.05) is 18.4 Å². The third kappa shape index (κ3) is 3.29. The monoisotopic (exact) mass is 276 g/mol. The van der Waals surface area contributed by atoms with E-state index in [1.165, 1.54) is 0 Å². The number of rotatable bonds is 2. The van der Waals surface area contributed by atoms with Crippen molar-refractivity contribution in [2.24, 2.45) is 5.92 Å². The zero-order valence-corrected chi connectivity index (χ0v) is 11.8. The van der Waals surface area contributed by atoms with Crippen LogP contribution in [0.4, 0.5) is 5.69 Å². The van der Waals surface area contributed by atoms with Gasteiger partial charge in [-0.2, -0.15) is 0 Å². The van der Waals surface area contributed by atoms with Gasteiger partial charge in [0, 0.05) is 31.6 Å². The highest BCUT2D eigenvalue weighted by molar-refractivity contribution is 5.93. The van der Waals surface area contributed by atoms with Gasteiger partial charge in [0.15, 0.2) is 0 Å². The maximum Gasteiger partial charge on any atom is 0.227 e. The number of phenols is 1. The molecule has 1 heterocycles. The van der Waals surface area contributed by atoms with E-state index >= 15 is 0 Å². The van der Waals surface area contributed by atoms with E-state index in [-0.39, 0.29) is 23.5 Å². The molecule has 1 aliphatic rings. The van der Waals surface area contributed by atoms with E-state index in [4.69, 9.17) is 0 Å². The van der Waals surface area contributed by atoms with Gasteiger partial charge in [-0.1, -0.05) is 0 Å². The second-order valence-corrected chi connectivity index (χ2v) is 5.27. The van der Waals surface area contributed by atoms with Gasteiger partial charge in [0.2, 0.25) is 11.8 Å². The van der Waals surface area contributed by atoms with Crippen LogP contribution in [0.15, 0.2) is 18.2 Å². The first-order valence-corrected chi connectivity index (χ1v) is 6.83. The fourth-order valence-corrected chi connectivity index (χ4v) is 2.48. The highest BCUT2D eigenvalue weighted by Crippen LogP contribution is 2.23. The van der Waals surface area contributed by atoms with Gasteiger partial charge in [-0.05, 0) is 43.5 Å². The second kappa shape index (κ2) is 5.94. The molecule has 0 spiro atoms. The number of phenolic OH excluding ortho intramolecular Hbond substituents is 1. The SMILES string of the molecule is CC(=O)N1CCC(C(=O)Nc2ccc(O)cc2C)CC1. The molecule has 0 aromatic heterocycles. The van der Waals surface area contributed by atoms with Crippen LogP contribution in [0.25, 0.3) is 0 Å². The van der Waals surface area contributed by atoms with Crippen molar-refractivity contribution in [1.29, 1.82) is 0 Å². The number of aryl methyl sites for hydroxylation is 1. The van der Waals surface area contributed by atoms with E-state index in [1.807, 2.05) is 6.92 Å². The molecule has 0 atom stereocenters. The maximum absolute atomic E-state index is 12.2. The van der Waals surface area contributed by atoms with E-state index in [0.717, 1.165) is 11.3 Å². The Morgan fingerprint density at radius 1 is 1.30 bits per heavy atom. The smallest absolute Gasteiger partial charge is 0.227 e. The normalized spacial score (nSPS) is 16.0. The first-order valence-electron chi connectivity index (χ1n) is 6.83. The lowest BCUT2D eigenvalue weighted by Crippen LogP contribution is -2.40. The first kappa shape index (κ1) is 14.4. The zero-order chi connectivity index (χ0) is 14.7. The van der Waals surface area contributed by atoms with Crippen LogP contribution in [0.2, 0.25) is 0 Å². The Morgan fingerprint density at radius 2 is 1.95 bits per heavy atom. The Hall–Kier alpha value is -2.04. The summed E-state index contributed by atoms with van der Waals surface area (Å²) in [4.78, 5) is 25.2. The molecule has 0 unspecified atom stereocenters. The van der Waals surface area contributed by atoms with E-state index < -0.39 is 0 Å². The van der Waals surface area contributed by atoms with Crippen LogP contribution in [0.1, 0.15) is 25.3 Å². The number of likely N-dealkylation sites (tertiary alicyclic amines) is 1. The summed E-state index contributed by atoms with van der Waals surface area (Å²) in [6.45, 7) is 4.68. The predicted molar refractivity (Wildman–Crippen MR) is 76.5 cm³/mol. The summed E-state index contributed by atoms with van der Waals surface area (Å²) in [5.74, 6) is 0.189. The molecular weight excluding hydrogens is 256 g/mol. The average Bonchev–Trinajstić information content (AvgIpc) is 2.42. The van der Waals surface area contributed by atoms with Crippen molar-refractivity contribution in [2.45, 2.75) is 26.7 Å². The molecule has 0 saturated carbocycles. The topological polar surface area (TPSA) is 69.6 Å². The molecule has 5 nitrogen and oxygen atoms in total. The molecule has 1 saturated heterocycles. The fraction of sp³-hybridized carbons (Fsp3) is 0.467. The number of amides is 2. The van der Waals surface area contributed by atoms with Crippen molar-refractivity contribution in [3.63, 3.8) is 0 Å². The molecule has 1 aromatic carbocycles. The van der Waals surface area contributed by atoms with Crippen LogP contribution in [0.5, 0.6) is 5.75 Å². The Labute approximate surface area is 118 Å². The summed E-state index contributed by atoms with van der Waals surface area (Å²) in [6.07, 6.45) is 1.39. The lowest BCUT2D eigenvalue weighted by Gasteiger charge is -2.30. The number of hydrogen-bond donors (Lipinski definition) is 2. The molecular formula is C15H20N2O3. The van der Waals surface area contributed by atoms with Gasteiger partial charge >= 0.3 is 0 Å². The maximum atomic E-state index is 12.2. The summed E-state index contributed by atoms with van der Waals surface area (Å²) in [5, 5.41) is 12.2. The van der Waals surface area contributed by atoms with E-state index in [2.05, 4.69) is 5.32 Å². The van der Waals surface area contributed by atoms with E-state index in [9.17, 15) is 14.7 Å².